The lowest BCUT2D eigenvalue weighted by atomic mass is 10.3. The Balaban J connectivity index is 2.08. The van der Waals surface area contributed by atoms with Gasteiger partial charge in [-0.1, -0.05) is 0 Å². The van der Waals surface area contributed by atoms with E-state index in [1.54, 1.807) is 13.2 Å². The smallest absolute Gasteiger partial charge is 0.241 e. The van der Waals surface area contributed by atoms with Gasteiger partial charge in [-0.2, -0.15) is 0 Å². The number of methoxy groups -OCH3 is 1. The van der Waals surface area contributed by atoms with Gasteiger partial charge in [-0.15, -0.1) is 11.3 Å². The molecule has 2 atom stereocenters. The number of nitrogens with one attached hydrogen (secondary N) is 2. The first-order valence-electron chi connectivity index (χ1n) is 6.33. The van der Waals surface area contributed by atoms with E-state index in [0.717, 1.165) is 24.1 Å². The average Bonchev–Trinajstić information content (AvgIpc) is 2.98. The Kier molecular flexibility index (Phi) is 4.97. The maximum atomic E-state index is 12.4. The van der Waals surface area contributed by atoms with Crippen molar-refractivity contribution in [3.05, 3.63) is 16.3 Å². The van der Waals surface area contributed by atoms with Gasteiger partial charge in [-0.3, -0.25) is 0 Å². The van der Waals surface area contributed by atoms with Crippen molar-refractivity contribution in [2.45, 2.75) is 42.8 Å². The van der Waals surface area contributed by atoms with E-state index in [0.29, 0.717) is 11.4 Å². The average molecular weight is 304 g/mol. The van der Waals surface area contributed by atoms with E-state index in [1.165, 1.54) is 11.3 Å². The van der Waals surface area contributed by atoms with Crippen molar-refractivity contribution in [3.8, 4) is 0 Å². The van der Waals surface area contributed by atoms with E-state index in [2.05, 4.69) is 10.0 Å². The van der Waals surface area contributed by atoms with Crippen LogP contribution in [0.25, 0.3) is 0 Å². The summed E-state index contributed by atoms with van der Waals surface area (Å²) in [6.45, 7) is 0.569. The molecule has 1 aromatic rings. The molecule has 0 amide bonds. The van der Waals surface area contributed by atoms with Crippen molar-refractivity contribution >= 4 is 21.4 Å². The molecule has 2 unspecified atom stereocenters. The van der Waals surface area contributed by atoms with Crippen molar-refractivity contribution in [3.63, 3.8) is 0 Å². The highest BCUT2D eigenvalue weighted by Gasteiger charge is 2.29. The summed E-state index contributed by atoms with van der Waals surface area (Å²) >= 11 is 1.46. The van der Waals surface area contributed by atoms with E-state index >= 15 is 0 Å². The van der Waals surface area contributed by atoms with Crippen LogP contribution in [0.2, 0.25) is 0 Å². The van der Waals surface area contributed by atoms with Gasteiger partial charge in [-0.05, 0) is 37.8 Å². The third kappa shape index (κ3) is 3.55. The van der Waals surface area contributed by atoms with Gasteiger partial charge in [0.25, 0.3) is 0 Å². The maximum Gasteiger partial charge on any atom is 0.241 e. The minimum absolute atomic E-state index is 0.0164. The molecule has 0 aromatic carbocycles. The fourth-order valence-electron chi connectivity index (χ4n) is 2.40. The molecule has 0 bridgehead atoms. The second-order valence-electron chi connectivity index (χ2n) is 4.73. The summed E-state index contributed by atoms with van der Waals surface area (Å²) in [6, 6.07) is 1.65. The van der Waals surface area contributed by atoms with Gasteiger partial charge in [0.2, 0.25) is 10.0 Å². The highest BCUT2D eigenvalue weighted by Crippen LogP contribution is 2.26. The molecular weight excluding hydrogens is 284 g/mol. The number of sulfonamides is 1. The SMILES string of the molecule is CNCc1sccc1S(=O)(=O)NC1CCC(OC)C1. The van der Waals surface area contributed by atoms with Gasteiger partial charge < -0.3 is 10.1 Å². The van der Waals surface area contributed by atoms with E-state index in [4.69, 9.17) is 4.74 Å². The molecule has 1 aliphatic rings. The zero-order valence-corrected chi connectivity index (χ0v) is 12.8. The van der Waals surface area contributed by atoms with Crippen LogP contribution in [0.3, 0.4) is 0 Å². The molecule has 19 heavy (non-hydrogen) atoms. The minimum Gasteiger partial charge on any atom is -0.381 e. The summed E-state index contributed by atoms with van der Waals surface area (Å²) in [6.07, 6.45) is 2.67. The fraction of sp³-hybridized carbons (Fsp3) is 0.667. The standard InChI is InChI=1S/C12H20N2O3S2/c1-13-8-11-12(5-6-18-11)19(15,16)14-9-3-4-10(7-9)17-2/h5-6,9-10,13-14H,3-4,7-8H2,1-2H3. The van der Waals surface area contributed by atoms with E-state index < -0.39 is 10.0 Å². The van der Waals surface area contributed by atoms with Gasteiger partial charge in [-0.25, -0.2) is 13.1 Å². The lowest BCUT2D eigenvalue weighted by Crippen LogP contribution is -2.33. The summed E-state index contributed by atoms with van der Waals surface area (Å²) in [7, 11) is 0.0613. The van der Waals surface area contributed by atoms with Gasteiger partial charge in [0, 0.05) is 24.6 Å². The highest BCUT2D eigenvalue weighted by molar-refractivity contribution is 7.89. The largest absolute Gasteiger partial charge is 0.381 e. The normalized spacial score (nSPS) is 23.9. The van der Waals surface area contributed by atoms with Crippen LogP contribution in [0.1, 0.15) is 24.1 Å². The summed E-state index contributed by atoms with van der Waals surface area (Å²) in [5, 5.41) is 4.80. The first-order chi connectivity index (χ1) is 9.06. The predicted octanol–water partition coefficient (Wildman–Crippen LogP) is 1.31. The Labute approximate surface area is 118 Å². The molecule has 108 valence electrons. The molecule has 0 radical (unpaired) electrons. The number of rotatable bonds is 6. The van der Waals surface area contributed by atoms with Gasteiger partial charge in [0.15, 0.2) is 0 Å². The molecule has 1 heterocycles. The van der Waals surface area contributed by atoms with E-state index in [1.807, 2.05) is 12.4 Å². The molecule has 0 saturated heterocycles. The molecular formula is C12H20N2O3S2. The first kappa shape index (κ1) is 14.9. The lowest BCUT2D eigenvalue weighted by molar-refractivity contribution is 0.107. The van der Waals surface area contributed by atoms with Gasteiger partial charge in [0.05, 0.1) is 11.0 Å². The summed E-state index contributed by atoms with van der Waals surface area (Å²) in [4.78, 5) is 1.24. The summed E-state index contributed by atoms with van der Waals surface area (Å²) < 4.78 is 32.8. The van der Waals surface area contributed by atoms with E-state index in [-0.39, 0.29) is 12.1 Å². The molecule has 5 nitrogen and oxygen atoms in total. The third-order valence-electron chi connectivity index (χ3n) is 3.37. The monoisotopic (exact) mass is 304 g/mol. The summed E-state index contributed by atoms with van der Waals surface area (Å²) in [5.74, 6) is 0. The zero-order chi connectivity index (χ0) is 13.9. The summed E-state index contributed by atoms with van der Waals surface area (Å²) in [5.41, 5.74) is 0. The predicted molar refractivity (Wildman–Crippen MR) is 75.8 cm³/mol. The van der Waals surface area contributed by atoms with Crippen molar-refractivity contribution in [2.24, 2.45) is 0 Å². The van der Waals surface area contributed by atoms with Crippen LogP contribution in [0.5, 0.6) is 0 Å². The Morgan fingerprint density at radius 3 is 2.89 bits per heavy atom. The molecule has 1 aromatic heterocycles. The van der Waals surface area contributed by atoms with Crippen LogP contribution in [0, 0.1) is 0 Å². The van der Waals surface area contributed by atoms with Crippen molar-refractivity contribution in [1.29, 1.82) is 0 Å². The molecule has 1 fully saturated rings. The maximum absolute atomic E-state index is 12.4. The first-order valence-corrected chi connectivity index (χ1v) is 8.69. The molecule has 2 N–H and O–H groups in total. The van der Waals surface area contributed by atoms with Crippen LogP contribution in [-0.4, -0.2) is 34.7 Å². The quantitative estimate of drug-likeness (QED) is 0.831. The van der Waals surface area contributed by atoms with Crippen LogP contribution in [0.4, 0.5) is 0 Å². The van der Waals surface area contributed by atoms with E-state index in [9.17, 15) is 8.42 Å². The van der Waals surface area contributed by atoms with Crippen molar-refractivity contribution in [1.82, 2.24) is 10.0 Å². The molecule has 0 aliphatic heterocycles. The number of ether oxygens (including phenoxy) is 1. The lowest BCUT2D eigenvalue weighted by Gasteiger charge is -2.13. The second-order valence-corrected chi connectivity index (χ2v) is 7.41. The van der Waals surface area contributed by atoms with Crippen molar-refractivity contribution in [2.75, 3.05) is 14.2 Å². The van der Waals surface area contributed by atoms with Gasteiger partial charge >= 0.3 is 0 Å². The Bertz CT molecular complexity index is 513. The molecule has 1 saturated carbocycles. The third-order valence-corrected chi connectivity index (χ3v) is 6.03. The zero-order valence-electron chi connectivity index (χ0n) is 11.2. The van der Waals surface area contributed by atoms with Crippen LogP contribution in [-0.2, 0) is 21.3 Å². The van der Waals surface area contributed by atoms with Crippen LogP contribution >= 0.6 is 11.3 Å². The molecule has 2 rings (SSSR count). The van der Waals surface area contributed by atoms with Crippen LogP contribution < -0.4 is 10.0 Å². The van der Waals surface area contributed by atoms with Crippen molar-refractivity contribution < 1.29 is 13.2 Å². The molecule has 0 spiro atoms. The Morgan fingerprint density at radius 1 is 1.47 bits per heavy atom. The Hall–Kier alpha value is -0.470. The highest BCUT2D eigenvalue weighted by atomic mass is 32.2. The fourth-order valence-corrected chi connectivity index (χ4v) is 5.14. The molecule has 1 aliphatic carbocycles. The molecule has 7 heteroatoms. The number of hydrogen-bond acceptors (Lipinski definition) is 5. The minimum atomic E-state index is -3.42. The topological polar surface area (TPSA) is 67.4 Å². The number of thiophene rings is 1. The second kappa shape index (κ2) is 6.32. The van der Waals surface area contributed by atoms with Crippen LogP contribution in [0.15, 0.2) is 16.3 Å². The number of hydrogen-bond donors (Lipinski definition) is 2. The van der Waals surface area contributed by atoms with Gasteiger partial charge in [0.1, 0.15) is 0 Å². The Morgan fingerprint density at radius 2 is 2.26 bits per heavy atom.